The Hall–Kier alpha value is -0.170. The molecule has 0 fully saturated rings. The molecule has 0 nitrogen and oxygen atoms in total. The third kappa shape index (κ3) is 33.6. The van der Waals surface area contributed by atoms with Crippen LogP contribution in [0.3, 0.4) is 0 Å². The zero-order chi connectivity index (χ0) is 10.4. The van der Waals surface area contributed by atoms with Gasteiger partial charge < -0.3 is 0 Å². The Morgan fingerprint density at radius 3 is 0.769 bits per heavy atom. The van der Waals surface area contributed by atoms with Gasteiger partial charge in [-0.3, -0.25) is 0 Å². The van der Waals surface area contributed by atoms with Crippen LogP contribution in [-0.4, -0.2) is 0 Å². The normalized spacial score (nSPS) is 10.3. The van der Waals surface area contributed by atoms with Crippen molar-refractivity contribution in [2.24, 2.45) is 10.8 Å². The molecule has 0 aromatic rings. The Bertz CT molecular complexity index is 114. The molecule has 0 unspecified atom stereocenters. The molecule has 0 N–H and O–H groups in total. The Morgan fingerprint density at radius 2 is 0.769 bits per heavy atom. The predicted octanol–water partition coefficient (Wildman–Crippen LogP) is 4.55. The average molecular weight is 202 g/mol. The summed E-state index contributed by atoms with van der Waals surface area (Å²) in [6, 6.07) is 0. The summed E-state index contributed by atoms with van der Waals surface area (Å²) < 4.78 is 0. The quantitative estimate of drug-likeness (QED) is 0.506. The first-order valence-corrected chi connectivity index (χ1v) is 4.39. The zero-order valence-corrected chi connectivity index (χ0v) is 11.1. The second-order valence-electron chi connectivity index (χ2n) is 5.14. The van der Waals surface area contributed by atoms with E-state index < -0.39 is 0 Å². The van der Waals surface area contributed by atoms with Crippen molar-refractivity contribution >= 4 is 13.5 Å². The molecule has 1 heteroatoms. The molecule has 0 atom stereocenters. The summed E-state index contributed by atoms with van der Waals surface area (Å²) in [6.45, 7) is 20.0. The molecular formula is C12H26S. The van der Waals surface area contributed by atoms with Crippen LogP contribution in [0.4, 0.5) is 0 Å². The van der Waals surface area contributed by atoms with Gasteiger partial charge in [-0.1, -0.05) is 53.7 Å². The van der Waals surface area contributed by atoms with E-state index in [-0.39, 0.29) is 13.5 Å². The van der Waals surface area contributed by atoms with E-state index >= 15 is 0 Å². The number of allylic oxidation sites excluding steroid dienone is 2. The van der Waals surface area contributed by atoms with Gasteiger partial charge in [-0.25, -0.2) is 0 Å². The third-order valence-electron chi connectivity index (χ3n) is 1.22. The smallest absolute Gasteiger partial charge is 0.0206 e. The van der Waals surface area contributed by atoms with Gasteiger partial charge in [0.05, 0.1) is 0 Å². The number of hydrogen-bond acceptors (Lipinski definition) is 0. The van der Waals surface area contributed by atoms with Crippen LogP contribution in [0.5, 0.6) is 0 Å². The summed E-state index contributed by atoms with van der Waals surface area (Å²) >= 11 is 0. The van der Waals surface area contributed by atoms with E-state index in [1.54, 1.807) is 0 Å². The van der Waals surface area contributed by atoms with Gasteiger partial charge in [0.1, 0.15) is 0 Å². The van der Waals surface area contributed by atoms with Crippen molar-refractivity contribution in [1.82, 2.24) is 0 Å². The van der Waals surface area contributed by atoms with Crippen LogP contribution < -0.4 is 0 Å². The van der Waals surface area contributed by atoms with Crippen LogP contribution in [0.15, 0.2) is 25.3 Å². The van der Waals surface area contributed by atoms with Gasteiger partial charge in [-0.15, -0.1) is 13.2 Å². The van der Waals surface area contributed by atoms with Gasteiger partial charge >= 0.3 is 0 Å². The lowest BCUT2D eigenvalue weighted by Crippen LogP contribution is -1.96. The lowest BCUT2D eigenvalue weighted by molar-refractivity contribution is 0.545. The fourth-order valence-corrected chi connectivity index (χ4v) is 0. The molecule has 0 heterocycles. The number of rotatable bonds is 0. The van der Waals surface area contributed by atoms with Gasteiger partial charge in [0.2, 0.25) is 0 Å². The summed E-state index contributed by atoms with van der Waals surface area (Å²) in [7, 11) is 0. The highest BCUT2D eigenvalue weighted by Crippen LogP contribution is 2.12. The van der Waals surface area contributed by atoms with Gasteiger partial charge in [-0.2, -0.15) is 13.5 Å². The van der Waals surface area contributed by atoms with Crippen molar-refractivity contribution in [2.45, 2.75) is 41.5 Å². The van der Waals surface area contributed by atoms with Gasteiger partial charge in [0.25, 0.3) is 0 Å². The molecule has 0 radical (unpaired) electrons. The van der Waals surface area contributed by atoms with E-state index in [0.29, 0.717) is 10.8 Å². The SMILES string of the molecule is C=CC(C)(C)C.C=CC(C)(C)C.S. The van der Waals surface area contributed by atoms with Crippen LogP contribution >= 0.6 is 13.5 Å². The van der Waals surface area contributed by atoms with Crippen molar-refractivity contribution in [3.63, 3.8) is 0 Å². The Balaban J connectivity index is -0.000000143. The minimum Gasteiger partial charge on any atom is -0.197 e. The van der Waals surface area contributed by atoms with Crippen molar-refractivity contribution in [3.8, 4) is 0 Å². The monoisotopic (exact) mass is 202 g/mol. The summed E-state index contributed by atoms with van der Waals surface area (Å²) in [6.07, 6.45) is 3.88. The Morgan fingerprint density at radius 1 is 0.692 bits per heavy atom. The average Bonchev–Trinajstić information content (AvgIpc) is 1.86. The topological polar surface area (TPSA) is 0 Å². The first-order valence-electron chi connectivity index (χ1n) is 4.39. The molecule has 0 saturated carbocycles. The van der Waals surface area contributed by atoms with Crippen molar-refractivity contribution < 1.29 is 0 Å². The minimum atomic E-state index is 0. The predicted molar refractivity (Wildman–Crippen MR) is 69.7 cm³/mol. The lowest BCUT2D eigenvalue weighted by Gasteiger charge is -2.08. The lowest BCUT2D eigenvalue weighted by atomic mass is 9.98. The maximum absolute atomic E-state index is 3.63. The highest BCUT2D eigenvalue weighted by molar-refractivity contribution is 7.59. The van der Waals surface area contributed by atoms with E-state index in [4.69, 9.17) is 0 Å². The maximum Gasteiger partial charge on any atom is -0.0206 e. The highest BCUT2D eigenvalue weighted by atomic mass is 32.1. The first kappa shape index (κ1) is 18.6. The summed E-state index contributed by atoms with van der Waals surface area (Å²) in [5.41, 5.74) is 0.611. The van der Waals surface area contributed by atoms with Crippen molar-refractivity contribution in [2.75, 3.05) is 0 Å². The van der Waals surface area contributed by atoms with Crippen LogP contribution in [0.25, 0.3) is 0 Å². The van der Waals surface area contributed by atoms with Crippen molar-refractivity contribution in [3.05, 3.63) is 25.3 Å². The first-order chi connectivity index (χ1) is 5.12. The van der Waals surface area contributed by atoms with Gasteiger partial charge in [0.15, 0.2) is 0 Å². The molecule has 13 heavy (non-hydrogen) atoms. The molecule has 0 aromatic heterocycles. The molecule has 0 bridgehead atoms. The highest BCUT2D eigenvalue weighted by Gasteiger charge is 2.00. The van der Waals surface area contributed by atoms with Crippen LogP contribution in [0.2, 0.25) is 0 Å². The van der Waals surface area contributed by atoms with Gasteiger partial charge in [-0.05, 0) is 10.8 Å². The second kappa shape index (κ2) is 7.25. The van der Waals surface area contributed by atoms with Crippen LogP contribution in [-0.2, 0) is 0 Å². The largest absolute Gasteiger partial charge is 0.197 e. The summed E-state index contributed by atoms with van der Waals surface area (Å²) in [5.74, 6) is 0. The van der Waals surface area contributed by atoms with E-state index in [1.807, 2.05) is 12.2 Å². The Kier molecular flexibility index (Phi) is 10.4. The Labute approximate surface area is 91.6 Å². The minimum absolute atomic E-state index is 0. The second-order valence-corrected chi connectivity index (χ2v) is 5.14. The third-order valence-corrected chi connectivity index (χ3v) is 1.22. The number of hydrogen-bond donors (Lipinski definition) is 0. The summed E-state index contributed by atoms with van der Waals surface area (Å²) in [5, 5.41) is 0. The van der Waals surface area contributed by atoms with Gasteiger partial charge in [0, 0.05) is 0 Å². The molecule has 0 aliphatic rings. The van der Waals surface area contributed by atoms with E-state index in [2.05, 4.69) is 54.7 Å². The molecule has 80 valence electrons. The molecule has 0 aliphatic heterocycles. The fourth-order valence-electron chi connectivity index (χ4n) is 0. The van der Waals surface area contributed by atoms with E-state index in [1.165, 1.54) is 0 Å². The molecule has 0 rings (SSSR count). The maximum atomic E-state index is 3.63. The molecule has 0 aliphatic carbocycles. The van der Waals surface area contributed by atoms with E-state index in [9.17, 15) is 0 Å². The van der Waals surface area contributed by atoms with Crippen molar-refractivity contribution in [1.29, 1.82) is 0 Å². The molecule has 0 aromatic carbocycles. The zero-order valence-electron chi connectivity index (χ0n) is 10.1. The van der Waals surface area contributed by atoms with Crippen LogP contribution in [0, 0.1) is 10.8 Å². The molecular weight excluding hydrogens is 176 g/mol. The van der Waals surface area contributed by atoms with E-state index in [0.717, 1.165) is 0 Å². The standard InChI is InChI=1S/2C6H12.H2S/c2*1-5-6(2,3)4;/h2*5H,1H2,2-4H3;1H2. The van der Waals surface area contributed by atoms with Crippen LogP contribution in [0.1, 0.15) is 41.5 Å². The molecule has 0 spiro atoms. The fraction of sp³-hybridized carbons (Fsp3) is 0.667. The summed E-state index contributed by atoms with van der Waals surface area (Å²) in [4.78, 5) is 0. The molecule has 0 saturated heterocycles. The molecule has 0 amide bonds.